The molecule has 1 aromatic carbocycles. The van der Waals surface area contributed by atoms with E-state index in [0.717, 1.165) is 17.3 Å². The minimum atomic E-state index is -0.177. The lowest BCUT2D eigenvalue weighted by Gasteiger charge is -2.10. The maximum absolute atomic E-state index is 11.4. The molecular formula is C11H7NO2. The predicted octanol–water partition coefficient (Wildman–Crippen LogP) is 2.39. The molecule has 0 unspecified atom stereocenters. The fourth-order valence-corrected chi connectivity index (χ4v) is 1.46. The molecule has 0 amide bonds. The van der Waals surface area contributed by atoms with E-state index >= 15 is 0 Å². The van der Waals surface area contributed by atoms with Crippen molar-refractivity contribution in [3.63, 3.8) is 0 Å². The average molecular weight is 185 g/mol. The van der Waals surface area contributed by atoms with Crippen LogP contribution in [0.3, 0.4) is 0 Å². The van der Waals surface area contributed by atoms with Gasteiger partial charge in [0.2, 0.25) is 0 Å². The minimum Gasteiger partial charge on any atom is -0.289 e. The van der Waals surface area contributed by atoms with E-state index < -0.39 is 0 Å². The molecular weight excluding hydrogens is 178 g/mol. The highest BCUT2D eigenvalue weighted by Gasteiger charge is 2.16. The molecule has 2 rings (SSSR count). The topological polar surface area (TPSA) is 46.5 Å². The number of carbonyl (C=O) groups is 1. The summed E-state index contributed by atoms with van der Waals surface area (Å²) in [5, 5.41) is 2.64. The van der Waals surface area contributed by atoms with Crippen molar-refractivity contribution in [2.24, 2.45) is 5.18 Å². The number of rotatable bonds is 1. The maximum atomic E-state index is 11.4. The zero-order chi connectivity index (χ0) is 9.97. The fraction of sp³-hybridized carbons (Fsp3) is 0. The molecule has 68 valence electrons. The Kier molecular flexibility index (Phi) is 2.07. The van der Waals surface area contributed by atoms with E-state index in [1.54, 1.807) is 12.1 Å². The summed E-state index contributed by atoms with van der Waals surface area (Å²) in [4.78, 5) is 21.5. The highest BCUT2D eigenvalue weighted by atomic mass is 16.2. The van der Waals surface area contributed by atoms with Crippen molar-refractivity contribution in [3.05, 3.63) is 52.6 Å². The van der Waals surface area contributed by atoms with Gasteiger partial charge in [-0.1, -0.05) is 30.3 Å². The number of fused-ring (bicyclic) bond motifs is 1. The number of carbonyl (C=O) groups excluding carboxylic acids is 1. The average Bonchev–Trinajstić information content (AvgIpc) is 2.23. The van der Waals surface area contributed by atoms with Crippen LogP contribution in [0.1, 0.15) is 11.1 Å². The van der Waals surface area contributed by atoms with Gasteiger partial charge >= 0.3 is 0 Å². The van der Waals surface area contributed by atoms with Gasteiger partial charge in [0.05, 0.1) is 11.8 Å². The molecule has 0 saturated heterocycles. The van der Waals surface area contributed by atoms with Crippen LogP contribution in [-0.2, 0) is 4.79 Å². The van der Waals surface area contributed by atoms with Crippen molar-refractivity contribution in [1.82, 2.24) is 0 Å². The molecule has 0 aromatic heterocycles. The normalized spacial score (nSPS) is 16.9. The lowest BCUT2D eigenvalue weighted by Crippen LogP contribution is -2.03. The summed E-state index contributed by atoms with van der Waals surface area (Å²) in [5.74, 6) is -0.177. The SMILES string of the molecule is O=N/C=C1/C(=O)C=Cc2ccccc21. The van der Waals surface area contributed by atoms with E-state index in [4.69, 9.17) is 0 Å². The van der Waals surface area contributed by atoms with Gasteiger partial charge in [-0.25, -0.2) is 0 Å². The van der Waals surface area contributed by atoms with Crippen molar-refractivity contribution in [1.29, 1.82) is 0 Å². The molecule has 0 N–H and O–H groups in total. The van der Waals surface area contributed by atoms with Crippen LogP contribution in [0.4, 0.5) is 0 Å². The minimum absolute atomic E-state index is 0.177. The van der Waals surface area contributed by atoms with Crippen LogP contribution < -0.4 is 0 Å². The Labute approximate surface area is 80.7 Å². The smallest absolute Gasteiger partial charge is 0.188 e. The zero-order valence-corrected chi connectivity index (χ0v) is 7.31. The van der Waals surface area contributed by atoms with Gasteiger partial charge in [-0.2, -0.15) is 0 Å². The second kappa shape index (κ2) is 3.38. The molecule has 0 fully saturated rings. The predicted molar refractivity (Wildman–Crippen MR) is 54.3 cm³/mol. The summed E-state index contributed by atoms with van der Waals surface area (Å²) < 4.78 is 0. The third kappa shape index (κ3) is 1.29. The molecule has 0 saturated carbocycles. The van der Waals surface area contributed by atoms with Crippen molar-refractivity contribution in [2.75, 3.05) is 0 Å². The van der Waals surface area contributed by atoms with Gasteiger partial charge in [0.25, 0.3) is 0 Å². The molecule has 0 radical (unpaired) electrons. The standard InChI is InChI=1S/C11H7NO2/c13-11-6-5-8-3-1-2-4-9(8)10(11)7-12-14/h1-7H/b10-7+. The maximum Gasteiger partial charge on any atom is 0.188 e. The van der Waals surface area contributed by atoms with Gasteiger partial charge in [-0.3, -0.25) is 4.79 Å². The second-order valence-electron chi connectivity index (χ2n) is 2.93. The monoisotopic (exact) mass is 185 g/mol. The van der Waals surface area contributed by atoms with Crippen LogP contribution in [0.15, 0.2) is 41.7 Å². The first-order valence-corrected chi connectivity index (χ1v) is 4.17. The third-order valence-corrected chi connectivity index (χ3v) is 2.11. The highest BCUT2D eigenvalue weighted by Crippen LogP contribution is 2.26. The van der Waals surface area contributed by atoms with E-state index in [1.165, 1.54) is 6.08 Å². The number of nitroso groups, excluding NO2 is 1. The van der Waals surface area contributed by atoms with Crippen LogP contribution >= 0.6 is 0 Å². The molecule has 14 heavy (non-hydrogen) atoms. The third-order valence-electron chi connectivity index (χ3n) is 2.11. The van der Waals surface area contributed by atoms with E-state index in [2.05, 4.69) is 5.18 Å². The molecule has 1 aromatic rings. The number of benzene rings is 1. The largest absolute Gasteiger partial charge is 0.289 e. The summed E-state index contributed by atoms with van der Waals surface area (Å²) in [6.07, 6.45) is 4.24. The zero-order valence-electron chi connectivity index (χ0n) is 7.31. The molecule has 0 spiro atoms. The molecule has 0 bridgehead atoms. The summed E-state index contributed by atoms with van der Waals surface area (Å²) in [6, 6.07) is 7.39. The Hall–Kier alpha value is -2.03. The van der Waals surface area contributed by atoms with Crippen molar-refractivity contribution in [3.8, 4) is 0 Å². The molecule has 3 nitrogen and oxygen atoms in total. The Morgan fingerprint density at radius 1 is 1.14 bits per heavy atom. The Morgan fingerprint density at radius 2 is 1.93 bits per heavy atom. The van der Waals surface area contributed by atoms with Gasteiger partial charge in [-0.15, -0.1) is 4.91 Å². The van der Waals surface area contributed by atoms with Gasteiger partial charge in [0.15, 0.2) is 5.78 Å². The van der Waals surface area contributed by atoms with E-state index in [1.807, 2.05) is 18.2 Å². The molecule has 1 aliphatic rings. The first-order chi connectivity index (χ1) is 6.83. The Morgan fingerprint density at radius 3 is 2.71 bits per heavy atom. The van der Waals surface area contributed by atoms with E-state index in [0.29, 0.717) is 5.57 Å². The number of ketones is 1. The van der Waals surface area contributed by atoms with Gasteiger partial charge < -0.3 is 0 Å². The van der Waals surface area contributed by atoms with Crippen LogP contribution in [0.2, 0.25) is 0 Å². The molecule has 0 heterocycles. The van der Waals surface area contributed by atoms with Crippen LogP contribution in [0.5, 0.6) is 0 Å². The number of nitrogens with zero attached hydrogens (tertiary/aromatic N) is 1. The first-order valence-electron chi connectivity index (χ1n) is 4.17. The highest BCUT2D eigenvalue weighted by molar-refractivity contribution is 6.29. The summed E-state index contributed by atoms with van der Waals surface area (Å²) >= 11 is 0. The van der Waals surface area contributed by atoms with Gasteiger partial charge in [0, 0.05) is 0 Å². The van der Waals surface area contributed by atoms with E-state index in [-0.39, 0.29) is 5.78 Å². The van der Waals surface area contributed by atoms with Crippen LogP contribution in [0.25, 0.3) is 11.6 Å². The number of allylic oxidation sites excluding steroid dienone is 2. The summed E-state index contributed by atoms with van der Waals surface area (Å²) in [7, 11) is 0. The summed E-state index contributed by atoms with van der Waals surface area (Å²) in [6.45, 7) is 0. The fourth-order valence-electron chi connectivity index (χ4n) is 1.46. The first kappa shape index (κ1) is 8.56. The van der Waals surface area contributed by atoms with Crippen LogP contribution in [-0.4, -0.2) is 5.78 Å². The van der Waals surface area contributed by atoms with Crippen molar-refractivity contribution >= 4 is 17.4 Å². The summed E-state index contributed by atoms with van der Waals surface area (Å²) in [5.41, 5.74) is 2.06. The Balaban J connectivity index is 2.64. The number of hydrogen-bond acceptors (Lipinski definition) is 3. The van der Waals surface area contributed by atoms with Crippen molar-refractivity contribution < 1.29 is 4.79 Å². The molecule has 1 aliphatic carbocycles. The van der Waals surface area contributed by atoms with Crippen LogP contribution in [0, 0.1) is 4.91 Å². The van der Waals surface area contributed by atoms with Gasteiger partial charge in [-0.05, 0) is 22.4 Å². The van der Waals surface area contributed by atoms with Gasteiger partial charge in [0.1, 0.15) is 0 Å². The Bertz CT molecular complexity index is 458. The lowest BCUT2D eigenvalue weighted by atomic mass is 9.92. The molecule has 0 atom stereocenters. The van der Waals surface area contributed by atoms with Crippen molar-refractivity contribution in [2.45, 2.75) is 0 Å². The second-order valence-corrected chi connectivity index (χ2v) is 2.93. The quantitative estimate of drug-likeness (QED) is 0.498. The van der Waals surface area contributed by atoms with E-state index in [9.17, 15) is 9.70 Å². The number of hydrogen-bond donors (Lipinski definition) is 0. The molecule has 0 aliphatic heterocycles. The lowest BCUT2D eigenvalue weighted by molar-refractivity contribution is -0.109. The molecule has 3 heteroatoms.